The van der Waals surface area contributed by atoms with Gasteiger partial charge >= 0.3 is 0 Å². The topological polar surface area (TPSA) is 29.3 Å². The zero-order valence-corrected chi connectivity index (χ0v) is 12.6. The summed E-state index contributed by atoms with van der Waals surface area (Å²) in [6.45, 7) is 1.01. The van der Waals surface area contributed by atoms with Crippen LogP contribution >= 0.6 is 27.5 Å². The fraction of sp³-hybridized carbons (Fsp3) is 0.571. The first kappa shape index (κ1) is 12.9. The predicted octanol–water partition coefficient (Wildman–Crippen LogP) is 3.56. The third-order valence-electron chi connectivity index (χ3n) is 4.29. The molecular weight excluding hydrogens is 312 g/mol. The van der Waals surface area contributed by atoms with Gasteiger partial charge in [-0.05, 0) is 43.4 Å². The van der Waals surface area contributed by atoms with E-state index in [0.29, 0.717) is 18.1 Å². The second kappa shape index (κ2) is 5.12. The summed E-state index contributed by atoms with van der Waals surface area (Å²) in [4.78, 5) is 2.64. The first-order valence-electron chi connectivity index (χ1n) is 6.59. The molecule has 18 heavy (non-hydrogen) atoms. The first-order valence-corrected chi connectivity index (χ1v) is 7.76. The Morgan fingerprint density at radius 1 is 1.28 bits per heavy atom. The minimum atomic E-state index is 0.410. The smallest absolute Gasteiger partial charge is 0.0417 e. The molecule has 1 aromatic rings. The van der Waals surface area contributed by atoms with E-state index >= 15 is 0 Å². The van der Waals surface area contributed by atoms with Gasteiger partial charge in [0.05, 0.1) is 0 Å². The van der Waals surface area contributed by atoms with Crippen molar-refractivity contribution in [3.63, 3.8) is 0 Å². The largest absolute Gasteiger partial charge is 0.328 e. The number of nitrogens with two attached hydrogens (primary N) is 1. The summed E-state index contributed by atoms with van der Waals surface area (Å²) >= 11 is 9.60. The zero-order chi connectivity index (χ0) is 12.7. The van der Waals surface area contributed by atoms with E-state index in [4.69, 9.17) is 17.3 Å². The highest BCUT2D eigenvalue weighted by molar-refractivity contribution is 9.10. The highest BCUT2D eigenvalue weighted by Crippen LogP contribution is 2.37. The van der Waals surface area contributed by atoms with Crippen molar-refractivity contribution in [1.29, 1.82) is 0 Å². The normalized spacial score (nSPS) is 31.8. The molecule has 3 rings (SSSR count). The monoisotopic (exact) mass is 328 g/mol. The molecule has 98 valence electrons. The molecule has 2 bridgehead atoms. The summed E-state index contributed by atoms with van der Waals surface area (Å²) in [6, 6.07) is 7.85. The van der Waals surface area contributed by atoms with Crippen molar-refractivity contribution in [2.24, 2.45) is 5.73 Å². The van der Waals surface area contributed by atoms with Gasteiger partial charge in [0, 0.05) is 34.2 Å². The van der Waals surface area contributed by atoms with Crippen LogP contribution in [-0.4, -0.2) is 23.0 Å². The van der Waals surface area contributed by atoms with Crippen molar-refractivity contribution in [3.8, 4) is 0 Å². The average molecular weight is 330 g/mol. The van der Waals surface area contributed by atoms with E-state index < -0.39 is 0 Å². The van der Waals surface area contributed by atoms with Gasteiger partial charge < -0.3 is 5.73 Å². The number of rotatable bonds is 2. The van der Waals surface area contributed by atoms with E-state index in [9.17, 15) is 0 Å². The standard InChI is InChI=1S/C14H18BrClN2/c15-14-5-10(16)2-1-9(14)8-18-12-3-4-13(18)7-11(17)6-12/h1-2,5,11-13H,3-4,6-8,17H2. The van der Waals surface area contributed by atoms with Gasteiger partial charge in [0.15, 0.2) is 0 Å². The van der Waals surface area contributed by atoms with Crippen LogP contribution in [0, 0.1) is 0 Å². The molecule has 0 amide bonds. The van der Waals surface area contributed by atoms with E-state index in [0.717, 1.165) is 28.9 Å². The molecule has 2 aliphatic rings. The lowest BCUT2D eigenvalue weighted by Gasteiger charge is -2.37. The summed E-state index contributed by atoms with van der Waals surface area (Å²) in [5, 5.41) is 0.786. The van der Waals surface area contributed by atoms with Crippen LogP contribution in [0.1, 0.15) is 31.2 Å². The van der Waals surface area contributed by atoms with Crippen LogP contribution in [0.5, 0.6) is 0 Å². The number of benzene rings is 1. The van der Waals surface area contributed by atoms with E-state index in [1.807, 2.05) is 12.1 Å². The van der Waals surface area contributed by atoms with Crippen LogP contribution in [0.4, 0.5) is 0 Å². The van der Waals surface area contributed by atoms with Crippen LogP contribution in [0.15, 0.2) is 22.7 Å². The highest BCUT2D eigenvalue weighted by Gasteiger charge is 2.39. The zero-order valence-electron chi connectivity index (χ0n) is 10.3. The fourth-order valence-corrected chi connectivity index (χ4v) is 4.23. The van der Waals surface area contributed by atoms with Gasteiger partial charge in [-0.3, -0.25) is 4.90 Å². The first-order chi connectivity index (χ1) is 8.63. The average Bonchev–Trinajstić information content (AvgIpc) is 2.56. The molecule has 2 atom stereocenters. The van der Waals surface area contributed by atoms with Crippen molar-refractivity contribution in [2.45, 2.75) is 50.4 Å². The maximum atomic E-state index is 6.11. The molecule has 2 fully saturated rings. The van der Waals surface area contributed by atoms with Crippen LogP contribution in [0.3, 0.4) is 0 Å². The fourth-order valence-electron chi connectivity index (χ4n) is 3.42. The SMILES string of the molecule is NC1CC2CCC(C1)N2Cc1ccc(Cl)cc1Br. The number of hydrogen-bond acceptors (Lipinski definition) is 2. The second-order valence-corrected chi connectivity index (χ2v) is 6.82. The van der Waals surface area contributed by atoms with Crippen LogP contribution in [0.25, 0.3) is 0 Å². The molecule has 0 aliphatic carbocycles. The maximum Gasteiger partial charge on any atom is 0.0417 e. The van der Waals surface area contributed by atoms with E-state index in [2.05, 4.69) is 26.9 Å². The van der Waals surface area contributed by atoms with Crippen molar-refractivity contribution in [3.05, 3.63) is 33.3 Å². The van der Waals surface area contributed by atoms with Gasteiger partial charge in [0.25, 0.3) is 0 Å². The summed E-state index contributed by atoms with van der Waals surface area (Å²) in [5.41, 5.74) is 7.43. The Bertz CT molecular complexity index is 437. The Morgan fingerprint density at radius 2 is 1.94 bits per heavy atom. The van der Waals surface area contributed by atoms with E-state index in [1.54, 1.807) is 0 Å². The number of piperidine rings is 1. The van der Waals surface area contributed by atoms with Gasteiger partial charge in [-0.25, -0.2) is 0 Å². The lowest BCUT2D eigenvalue weighted by molar-refractivity contribution is 0.119. The molecular formula is C14H18BrClN2. The van der Waals surface area contributed by atoms with Crippen LogP contribution in [0.2, 0.25) is 5.02 Å². The van der Waals surface area contributed by atoms with Gasteiger partial charge in [-0.15, -0.1) is 0 Å². The minimum Gasteiger partial charge on any atom is -0.328 e. The molecule has 2 heterocycles. The second-order valence-electron chi connectivity index (χ2n) is 5.52. The van der Waals surface area contributed by atoms with E-state index in [1.165, 1.54) is 18.4 Å². The molecule has 4 heteroatoms. The lowest BCUT2D eigenvalue weighted by atomic mass is 9.97. The Kier molecular flexibility index (Phi) is 3.68. The number of nitrogens with zero attached hydrogens (tertiary/aromatic N) is 1. The molecule has 2 aliphatic heterocycles. The number of halogens is 2. The van der Waals surface area contributed by atoms with E-state index in [-0.39, 0.29) is 0 Å². The Labute approximate surface area is 122 Å². The summed E-state index contributed by atoms with van der Waals surface area (Å²) in [7, 11) is 0. The number of hydrogen-bond donors (Lipinski definition) is 1. The summed E-state index contributed by atoms with van der Waals surface area (Å²) < 4.78 is 1.12. The molecule has 0 radical (unpaired) electrons. The predicted molar refractivity (Wildman–Crippen MR) is 78.7 cm³/mol. The highest BCUT2D eigenvalue weighted by atomic mass is 79.9. The summed E-state index contributed by atoms with van der Waals surface area (Å²) in [5.74, 6) is 0. The van der Waals surface area contributed by atoms with Gasteiger partial charge in [0.1, 0.15) is 0 Å². The molecule has 0 spiro atoms. The Balaban J connectivity index is 1.77. The molecule has 2 N–H and O–H groups in total. The number of fused-ring (bicyclic) bond motifs is 2. The molecule has 2 nitrogen and oxygen atoms in total. The van der Waals surface area contributed by atoms with Crippen molar-refractivity contribution in [2.75, 3.05) is 0 Å². The Hall–Kier alpha value is -0.0900. The Morgan fingerprint density at radius 3 is 2.56 bits per heavy atom. The minimum absolute atomic E-state index is 0.410. The third-order valence-corrected chi connectivity index (χ3v) is 5.26. The summed E-state index contributed by atoms with van der Waals surface area (Å²) in [6.07, 6.45) is 4.93. The lowest BCUT2D eigenvalue weighted by Crippen LogP contribution is -2.46. The van der Waals surface area contributed by atoms with Crippen molar-refractivity contribution in [1.82, 2.24) is 4.90 Å². The molecule has 0 saturated carbocycles. The van der Waals surface area contributed by atoms with Gasteiger partial charge in [-0.2, -0.15) is 0 Å². The molecule has 0 aromatic heterocycles. The van der Waals surface area contributed by atoms with Gasteiger partial charge in [-0.1, -0.05) is 33.6 Å². The van der Waals surface area contributed by atoms with Crippen molar-refractivity contribution >= 4 is 27.5 Å². The maximum absolute atomic E-state index is 6.11. The quantitative estimate of drug-likeness (QED) is 0.899. The molecule has 2 saturated heterocycles. The molecule has 2 unspecified atom stereocenters. The van der Waals surface area contributed by atoms with Crippen molar-refractivity contribution < 1.29 is 0 Å². The van der Waals surface area contributed by atoms with Crippen LogP contribution in [-0.2, 0) is 6.54 Å². The third kappa shape index (κ3) is 2.46. The molecule has 1 aromatic carbocycles. The van der Waals surface area contributed by atoms with Crippen LogP contribution < -0.4 is 5.73 Å². The van der Waals surface area contributed by atoms with Gasteiger partial charge in [0.2, 0.25) is 0 Å².